The molecule has 0 radical (unpaired) electrons. The Balaban J connectivity index is 1.63. The Kier molecular flexibility index (Phi) is 3.85. The Bertz CT molecular complexity index is 1020. The van der Waals surface area contributed by atoms with E-state index in [0.29, 0.717) is 16.9 Å². The highest BCUT2D eigenvalue weighted by Crippen LogP contribution is 2.29. The minimum atomic E-state index is -0.346. The third-order valence-corrected chi connectivity index (χ3v) is 4.36. The van der Waals surface area contributed by atoms with Crippen LogP contribution in [0.1, 0.15) is 26.3 Å². The molecule has 0 saturated heterocycles. The summed E-state index contributed by atoms with van der Waals surface area (Å²) in [6.45, 7) is -0.152. The lowest BCUT2D eigenvalue weighted by Gasteiger charge is -2.16. The van der Waals surface area contributed by atoms with Crippen LogP contribution in [-0.2, 0) is 0 Å². The van der Waals surface area contributed by atoms with Crippen LogP contribution in [0.3, 0.4) is 0 Å². The van der Waals surface area contributed by atoms with Crippen LogP contribution >= 0.6 is 0 Å². The van der Waals surface area contributed by atoms with Crippen LogP contribution in [0, 0.1) is 0 Å². The molecule has 6 nitrogen and oxygen atoms in total. The topological polar surface area (TPSA) is 85.0 Å². The van der Waals surface area contributed by atoms with Gasteiger partial charge in [0.1, 0.15) is 5.75 Å². The smallest absolute Gasteiger partial charge is 0.264 e. The predicted molar refractivity (Wildman–Crippen MR) is 98.2 cm³/mol. The highest BCUT2D eigenvalue weighted by molar-refractivity contribution is 6.21. The lowest BCUT2D eigenvalue weighted by molar-refractivity contribution is 0.0524. The zero-order valence-electron chi connectivity index (χ0n) is 13.8. The van der Waals surface area contributed by atoms with Crippen molar-refractivity contribution in [2.24, 2.45) is 10.9 Å². The van der Waals surface area contributed by atoms with E-state index >= 15 is 0 Å². The number of carbonyl (C=O) groups is 2. The monoisotopic (exact) mass is 345 g/mol. The van der Waals surface area contributed by atoms with Gasteiger partial charge >= 0.3 is 0 Å². The van der Waals surface area contributed by atoms with Crippen LogP contribution < -0.4 is 10.6 Å². The number of imide groups is 1. The van der Waals surface area contributed by atoms with Crippen molar-refractivity contribution in [3.05, 3.63) is 77.4 Å². The number of benzene rings is 3. The average molecular weight is 345 g/mol. The number of nitrogens with zero attached hydrogens (tertiary/aromatic N) is 2. The van der Waals surface area contributed by atoms with E-state index in [1.54, 1.807) is 36.5 Å². The molecule has 6 heteroatoms. The van der Waals surface area contributed by atoms with E-state index in [4.69, 9.17) is 10.6 Å². The van der Waals surface area contributed by atoms with E-state index in [9.17, 15) is 9.59 Å². The second-order valence-corrected chi connectivity index (χ2v) is 5.83. The summed E-state index contributed by atoms with van der Waals surface area (Å²) in [6, 6.07) is 18.0. The summed E-state index contributed by atoms with van der Waals surface area (Å²) in [5, 5.41) is 5.34. The van der Waals surface area contributed by atoms with Gasteiger partial charge in [-0.25, -0.2) is 4.90 Å². The van der Waals surface area contributed by atoms with Crippen LogP contribution in [0.15, 0.2) is 65.8 Å². The van der Waals surface area contributed by atoms with Crippen molar-refractivity contribution in [1.82, 2.24) is 4.90 Å². The number of fused-ring (bicyclic) bond motifs is 2. The molecule has 0 unspecified atom stereocenters. The quantitative estimate of drug-likeness (QED) is 0.341. The number of hydrogen-bond acceptors (Lipinski definition) is 5. The van der Waals surface area contributed by atoms with Gasteiger partial charge in [-0.2, -0.15) is 5.10 Å². The molecule has 4 rings (SSSR count). The molecular formula is C20H15N3O3. The minimum Gasteiger partial charge on any atom is -0.472 e. The van der Waals surface area contributed by atoms with Crippen LogP contribution in [0.5, 0.6) is 5.75 Å². The van der Waals surface area contributed by atoms with Gasteiger partial charge < -0.3 is 10.6 Å². The zero-order chi connectivity index (χ0) is 18.1. The molecule has 0 aromatic heterocycles. The van der Waals surface area contributed by atoms with Gasteiger partial charge in [-0.3, -0.25) is 9.59 Å². The van der Waals surface area contributed by atoms with Gasteiger partial charge in [0, 0.05) is 10.9 Å². The fourth-order valence-corrected chi connectivity index (χ4v) is 3.10. The summed E-state index contributed by atoms with van der Waals surface area (Å²) in [4.78, 5) is 26.0. The Hall–Kier alpha value is -3.67. The van der Waals surface area contributed by atoms with Crippen LogP contribution in [-0.4, -0.2) is 29.7 Å². The molecule has 1 heterocycles. The van der Waals surface area contributed by atoms with Crippen LogP contribution in [0.4, 0.5) is 0 Å². The Morgan fingerprint density at radius 3 is 2.15 bits per heavy atom. The Labute approximate surface area is 149 Å². The lowest BCUT2D eigenvalue weighted by atomic mass is 10.0. The summed E-state index contributed by atoms with van der Waals surface area (Å²) in [6.07, 6.45) is 1.57. The van der Waals surface area contributed by atoms with E-state index in [1.165, 1.54) is 0 Å². The predicted octanol–water partition coefficient (Wildman–Crippen LogP) is 2.76. The first-order chi connectivity index (χ1) is 12.7. The second-order valence-electron chi connectivity index (χ2n) is 5.83. The number of amides is 2. The van der Waals surface area contributed by atoms with Crippen LogP contribution in [0.2, 0.25) is 0 Å². The van der Waals surface area contributed by atoms with Gasteiger partial charge in [-0.05, 0) is 29.7 Å². The maximum atomic E-state index is 12.4. The lowest BCUT2D eigenvalue weighted by Crippen LogP contribution is -2.33. The van der Waals surface area contributed by atoms with Crippen molar-refractivity contribution < 1.29 is 14.3 Å². The zero-order valence-corrected chi connectivity index (χ0v) is 13.8. The Morgan fingerprint density at radius 1 is 0.885 bits per heavy atom. The fourth-order valence-electron chi connectivity index (χ4n) is 3.10. The van der Waals surface area contributed by atoms with Crippen molar-refractivity contribution >= 4 is 28.8 Å². The van der Waals surface area contributed by atoms with Crippen molar-refractivity contribution in [3.8, 4) is 5.75 Å². The van der Waals surface area contributed by atoms with Crippen LogP contribution in [0.25, 0.3) is 10.8 Å². The largest absolute Gasteiger partial charge is 0.472 e. The van der Waals surface area contributed by atoms with Gasteiger partial charge in [-0.15, -0.1) is 0 Å². The SMILES string of the molecule is NN=Cc1ccc(OCN2C(=O)c3ccccc3C2=O)c2ccccc12. The molecule has 0 bridgehead atoms. The van der Waals surface area contributed by atoms with Crippen molar-refractivity contribution in [2.75, 3.05) is 6.73 Å². The van der Waals surface area contributed by atoms with E-state index in [0.717, 1.165) is 21.2 Å². The second kappa shape index (κ2) is 6.33. The third kappa shape index (κ3) is 2.48. The van der Waals surface area contributed by atoms with E-state index < -0.39 is 0 Å². The summed E-state index contributed by atoms with van der Waals surface area (Å²) in [5.74, 6) is 5.14. The van der Waals surface area contributed by atoms with Crippen molar-refractivity contribution in [1.29, 1.82) is 0 Å². The standard InChI is InChI=1S/C20H15N3O3/c21-22-11-13-9-10-18(15-6-2-1-5-14(13)15)26-12-23-19(24)16-7-3-4-8-17(16)20(23)25/h1-11H,12,21H2. The maximum absolute atomic E-state index is 12.4. The Morgan fingerprint density at radius 2 is 1.50 bits per heavy atom. The number of nitrogens with two attached hydrogens (primary N) is 1. The highest BCUT2D eigenvalue weighted by Gasteiger charge is 2.35. The molecule has 0 fully saturated rings. The average Bonchev–Trinajstić information content (AvgIpc) is 2.92. The summed E-state index contributed by atoms with van der Waals surface area (Å²) in [5.41, 5.74) is 1.66. The molecular weight excluding hydrogens is 330 g/mol. The van der Waals surface area contributed by atoms with E-state index in [1.807, 2.05) is 30.3 Å². The van der Waals surface area contributed by atoms with Gasteiger partial charge in [0.15, 0.2) is 6.73 Å². The summed E-state index contributed by atoms with van der Waals surface area (Å²) in [7, 11) is 0. The van der Waals surface area contributed by atoms with E-state index in [-0.39, 0.29) is 18.5 Å². The highest BCUT2D eigenvalue weighted by atomic mass is 16.5. The molecule has 2 N–H and O–H groups in total. The van der Waals surface area contributed by atoms with Gasteiger partial charge in [-0.1, -0.05) is 36.4 Å². The number of hydrazone groups is 1. The normalized spacial score (nSPS) is 13.6. The summed E-state index contributed by atoms with van der Waals surface area (Å²) < 4.78 is 5.82. The molecule has 0 atom stereocenters. The van der Waals surface area contributed by atoms with Gasteiger partial charge in [0.2, 0.25) is 0 Å². The third-order valence-electron chi connectivity index (χ3n) is 4.36. The first-order valence-electron chi connectivity index (χ1n) is 8.03. The van der Waals surface area contributed by atoms with Crippen molar-refractivity contribution in [2.45, 2.75) is 0 Å². The molecule has 1 aliphatic heterocycles. The number of rotatable bonds is 4. The first kappa shape index (κ1) is 15.8. The fraction of sp³-hybridized carbons (Fsp3) is 0.0500. The molecule has 2 amide bonds. The number of hydrogen-bond donors (Lipinski definition) is 1. The van der Waals surface area contributed by atoms with Gasteiger partial charge in [0.25, 0.3) is 11.8 Å². The molecule has 3 aromatic rings. The maximum Gasteiger partial charge on any atom is 0.264 e. The van der Waals surface area contributed by atoms with Gasteiger partial charge in [0.05, 0.1) is 17.3 Å². The van der Waals surface area contributed by atoms with Crippen molar-refractivity contribution in [3.63, 3.8) is 0 Å². The molecule has 26 heavy (non-hydrogen) atoms. The number of carbonyl (C=O) groups excluding carboxylic acids is 2. The molecule has 128 valence electrons. The molecule has 3 aromatic carbocycles. The minimum absolute atomic E-state index is 0.152. The molecule has 0 aliphatic carbocycles. The molecule has 1 aliphatic rings. The first-order valence-corrected chi connectivity index (χ1v) is 8.03. The summed E-state index contributed by atoms with van der Waals surface area (Å²) >= 11 is 0. The molecule has 0 spiro atoms. The number of ether oxygens (including phenoxy) is 1. The van der Waals surface area contributed by atoms with E-state index in [2.05, 4.69) is 5.10 Å². The molecule has 0 saturated carbocycles.